The molecule has 0 aliphatic heterocycles. The Morgan fingerprint density at radius 2 is 2.29 bits per heavy atom. The fraction of sp³-hybridized carbons (Fsp3) is 0.231. The number of ether oxygens (including phenoxy) is 1. The van der Waals surface area contributed by atoms with E-state index in [9.17, 15) is 9.59 Å². The molecule has 0 aliphatic rings. The SMILES string of the molecule is CCOC(=O)CC#Cc1cc(C=O)ccc1Cl. The van der Waals surface area contributed by atoms with Crippen LogP contribution in [0.2, 0.25) is 5.02 Å². The molecule has 4 heteroatoms. The minimum atomic E-state index is -0.373. The molecule has 17 heavy (non-hydrogen) atoms. The van der Waals surface area contributed by atoms with Gasteiger partial charge in [0.05, 0.1) is 11.6 Å². The first-order chi connectivity index (χ1) is 8.17. The van der Waals surface area contributed by atoms with Crippen molar-refractivity contribution in [1.29, 1.82) is 0 Å². The number of aldehydes is 1. The number of benzene rings is 1. The minimum absolute atomic E-state index is 0.00941. The van der Waals surface area contributed by atoms with Crippen molar-refractivity contribution in [3.63, 3.8) is 0 Å². The molecule has 0 N–H and O–H groups in total. The molecule has 0 saturated carbocycles. The lowest BCUT2D eigenvalue weighted by Gasteiger charge is -1.97. The molecule has 0 amide bonds. The molecule has 1 rings (SSSR count). The van der Waals surface area contributed by atoms with E-state index in [4.69, 9.17) is 16.3 Å². The topological polar surface area (TPSA) is 43.4 Å². The van der Waals surface area contributed by atoms with Gasteiger partial charge >= 0.3 is 5.97 Å². The van der Waals surface area contributed by atoms with Crippen molar-refractivity contribution < 1.29 is 14.3 Å². The van der Waals surface area contributed by atoms with Gasteiger partial charge in [-0.25, -0.2) is 0 Å². The average Bonchev–Trinajstić information content (AvgIpc) is 2.32. The monoisotopic (exact) mass is 250 g/mol. The maximum absolute atomic E-state index is 11.0. The Morgan fingerprint density at radius 3 is 2.94 bits per heavy atom. The lowest BCUT2D eigenvalue weighted by atomic mass is 10.1. The number of hydrogen-bond acceptors (Lipinski definition) is 3. The third-order valence-corrected chi connectivity index (χ3v) is 2.22. The molecular weight excluding hydrogens is 240 g/mol. The summed E-state index contributed by atoms with van der Waals surface area (Å²) < 4.78 is 4.72. The summed E-state index contributed by atoms with van der Waals surface area (Å²) in [6.45, 7) is 2.07. The van der Waals surface area contributed by atoms with E-state index in [1.165, 1.54) is 0 Å². The Labute approximate surface area is 105 Å². The zero-order valence-electron chi connectivity index (χ0n) is 9.33. The largest absolute Gasteiger partial charge is 0.465 e. The molecule has 88 valence electrons. The van der Waals surface area contributed by atoms with Gasteiger partial charge in [-0.1, -0.05) is 29.5 Å². The first kappa shape index (κ1) is 13.3. The summed E-state index contributed by atoms with van der Waals surface area (Å²) in [6, 6.07) is 4.78. The summed E-state index contributed by atoms with van der Waals surface area (Å²) in [5.41, 5.74) is 1.02. The van der Waals surface area contributed by atoms with Gasteiger partial charge in [-0.3, -0.25) is 9.59 Å². The number of rotatable bonds is 3. The molecule has 0 aromatic heterocycles. The summed E-state index contributed by atoms with van der Waals surface area (Å²) in [6.07, 6.45) is 0.725. The van der Waals surface area contributed by atoms with Crippen LogP contribution in [-0.2, 0) is 9.53 Å². The third-order valence-electron chi connectivity index (χ3n) is 1.89. The maximum atomic E-state index is 11.0. The maximum Gasteiger partial charge on any atom is 0.317 e. The number of carbonyl (C=O) groups is 2. The first-order valence-electron chi connectivity index (χ1n) is 5.06. The summed E-state index contributed by atoms with van der Waals surface area (Å²) in [5, 5.41) is 0.451. The Hall–Kier alpha value is -1.79. The average molecular weight is 251 g/mol. The van der Waals surface area contributed by atoms with Crippen LogP contribution in [0.3, 0.4) is 0 Å². The van der Waals surface area contributed by atoms with Gasteiger partial charge in [0.1, 0.15) is 12.7 Å². The summed E-state index contributed by atoms with van der Waals surface area (Å²) >= 11 is 5.90. The second kappa shape index (κ2) is 6.72. The predicted octanol–water partition coefficient (Wildman–Crippen LogP) is 2.46. The van der Waals surface area contributed by atoms with Gasteiger partial charge in [-0.2, -0.15) is 0 Å². The molecular formula is C13H11ClO3. The van der Waals surface area contributed by atoms with Gasteiger partial charge in [0.2, 0.25) is 0 Å². The normalized spacial score (nSPS) is 9.06. The summed E-state index contributed by atoms with van der Waals surface area (Å²) in [5.74, 6) is 5.02. The molecule has 0 atom stereocenters. The smallest absolute Gasteiger partial charge is 0.317 e. The highest BCUT2D eigenvalue weighted by Crippen LogP contribution is 2.15. The number of carbonyl (C=O) groups excluding carboxylic acids is 2. The van der Waals surface area contributed by atoms with Crippen LogP contribution in [0.4, 0.5) is 0 Å². The predicted molar refractivity (Wildman–Crippen MR) is 65.0 cm³/mol. The lowest BCUT2D eigenvalue weighted by Crippen LogP contribution is -2.01. The second-order valence-corrected chi connectivity index (χ2v) is 3.55. The lowest BCUT2D eigenvalue weighted by molar-refractivity contribution is -0.141. The van der Waals surface area contributed by atoms with Gasteiger partial charge in [0.25, 0.3) is 0 Å². The Kier molecular flexibility index (Phi) is 5.25. The van der Waals surface area contributed by atoms with Gasteiger partial charge in [0, 0.05) is 11.1 Å². The Balaban J connectivity index is 2.77. The van der Waals surface area contributed by atoms with Gasteiger partial charge in [-0.05, 0) is 19.1 Å². The molecule has 1 aromatic rings. The summed E-state index contributed by atoms with van der Waals surface area (Å²) in [7, 11) is 0. The molecule has 0 spiro atoms. The molecule has 0 radical (unpaired) electrons. The van der Waals surface area contributed by atoms with Crippen molar-refractivity contribution >= 4 is 23.9 Å². The molecule has 1 aromatic carbocycles. The standard InChI is InChI=1S/C13H11ClO3/c1-2-17-13(16)5-3-4-11-8-10(9-15)6-7-12(11)14/h6-9H,2,5H2,1H3. The minimum Gasteiger partial charge on any atom is -0.465 e. The van der Waals surface area contributed by atoms with E-state index in [-0.39, 0.29) is 12.4 Å². The van der Waals surface area contributed by atoms with Crippen LogP contribution in [0.5, 0.6) is 0 Å². The van der Waals surface area contributed by atoms with Gasteiger partial charge in [0.15, 0.2) is 0 Å². The van der Waals surface area contributed by atoms with Gasteiger partial charge < -0.3 is 4.74 Å². The van der Waals surface area contributed by atoms with E-state index in [0.29, 0.717) is 29.0 Å². The molecule has 3 nitrogen and oxygen atoms in total. The molecule has 0 heterocycles. The van der Waals surface area contributed by atoms with Gasteiger partial charge in [-0.15, -0.1) is 0 Å². The van der Waals surface area contributed by atoms with Crippen LogP contribution < -0.4 is 0 Å². The van der Waals surface area contributed by atoms with E-state index in [2.05, 4.69) is 11.8 Å². The fourth-order valence-corrected chi connectivity index (χ4v) is 1.30. The first-order valence-corrected chi connectivity index (χ1v) is 5.44. The second-order valence-electron chi connectivity index (χ2n) is 3.14. The van der Waals surface area contributed by atoms with E-state index in [1.54, 1.807) is 25.1 Å². The van der Waals surface area contributed by atoms with Crippen molar-refractivity contribution in [2.75, 3.05) is 6.61 Å². The zero-order chi connectivity index (χ0) is 12.7. The van der Waals surface area contributed by atoms with Crippen molar-refractivity contribution in [2.24, 2.45) is 0 Å². The zero-order valence-corrected chi connectivity index (χ0v) is 10.1. The molecule has 0 saturated heterocycles. The third kappa shape index (κ3) is 4.29. The van der Waals surface area contributed by atoms with Crippen LogP contribution >= 0.6 is 11.6 Å². The van der Waals surface area contributed by atoms with Crippen molar-refractivity contribution in [2.45, 2.75) is 13.3 Å². The van der Waals surface area contributed by atoms with E-state index < -0.39 is 0 Å². The highest BCUT2D eigenvalue weighted by Gasteiger charge is 2.00. The quantitative estimate of drug-likeness (QED) is 0.470. The highest BCUT2D eigenvalue weighted by molar-refractivity contribution is 6.31. The molecule has 0 fully saturated rings. The summed E-state index contributed by atoms with van der Waals surface area (Å²) in [4.78, 5) is 21.6. The van der Waals surface area contributed by atoms with Crippen molar-refractivity contribution in [1.82, 2.24) is 0 Å². The van der Waals surface area contributed by atoms with E-state index in [0.717, 1.165) is 0 Å². The van der Waals surface area contributed by atoms with Crippen molar-refractivity contribution in [3.05, 3.63) is 34.3 Å². The fourth-order valence-electron chi connectivity index (χ4n) is 1.14. The number of hydrogen-bond donors (Lipinski definition) is 0. The van der Waals surface area contributed by atoms with Crippen LogP contribution in [0, 0.1) is 11.8 Å². The Morgan fingerprint density at radius 1 is 1.53 bits per heavy atom. The molecule has 0 aliphatic carbocycles. The van der Waals surface area contributed by atoms with Crippen LogP contribution in [0.25, 0.3) is 0 Å². The van der Waals surface area contributed by atoms with E-state index in [1.807, 2.05) is 0 Å². The molecule has 0 unspecified atom stereocenters. The highest BCUT2D eigenvalue weighted by atomic mass is 35.5. The van der Waals surface area contributed by atoms with E-state index >= 15 is 0 Å². The van der Waals surface area contributed by atoms with Crippen molar-refractivity contribution in [3.8, 4) is 11.8 Å². The van der Waals surface area contributed by atoms with Crippen LogP contribution in [0.15, 0.2) is 18.2 Å². The number of halogens is 1. The molecule has 0 bridgehead atoms. The number of esters is 1. The Bertz CT molecular complexity index is 483. The van der Waals surface area contributed by atoms with Crippen LogP contribution in [0.1, 0.15) is 29.3 Å². The van der Waals surface area contributed by atoms with Crippen LogP contribution in [-0.4, -0.2) is 18.9 Å².